The number of thiophene rings is 1. The number of hydrogen-bond donors (Lipinski definition) is 1. The maximum atomic E-state index is 12.9. The van der Waals surface area contributed by atoms with Crippen molar-refractivity contribution in [3.8, 4) is 5.75 Å². The second kappa shape index (κ2) is 7.88. The summed E-state index contributed by atoms with van der Waals surface area (Å²) in [6.45, 7) is 4.81. The second-order valence-corrected chi connectivity index (χ2v) is 7.23. The van der Waals surface area contributed by atoms with Crippen molar-refractivity contribution in [2.45, 2.75) is 20.0 Å². The zero-order chi connectivity index (χ0) is 18.7. The average Bonchev–Trinajstić information content (AvgIpc) is 3.15. The molecule has 1 N–H and O–H groups in total. The molecule has 1 aliphatic rings. The highest BCUT2D eigenvalue weighted by Crippen LogP contribution is 2.29. The summed E-state index contributed by atoms with van der Waals surface area (Å²) in [6.07, 6.45) is -0.0898. The molecule has 0 bridgehead atoms. The number of hydrogen-bond acceptors (Lipinski definition) is 5. The highest BCUT2D eigenvalue weighted by atomic mass is 32.1. The Morgan fingerprint density at radius 1 is 1.35 bits per heavy atom. The van der Waals surface area contributed by atoms with E-state index in [9.17, 15) is 9.59 Å². The number of aliphatic carboxylic acids is 1. The Balaban J connectivity index is 1.76. The molecular weight excluding hydrogens is 354 g/mol. The fourth-order valence-electron chi connectivity index (χ4n) is 3.10. The summed E-state index contributed by atoms with van der Waals surface area (Å²) >= 11 is 1.63. The zero-order valence-corrected chi connectivity index (χ0v) is 15.5. The maximum absolute atomic E-state index is 12.9. The first-order valence-electron chi connectivity index (χ1n) is 8.36. The lowest BCUT2D eigenvalue weighted by Gasteiger charge is -2.32. The van der Waals surface area contributed by atoms with Crippen LogP contribution >= 0.6 is 11.3 Å². The molecule has 1 atom stereocenters. The molecule has 1 aliphatic heterocycles. The van der Waals surface area contributed by atoms with Crippen molar-refractivity contribution in [3.63, 3.8) is 0 Å². The molecule has 1 unspecified atom stereocenters. The highest BCUT2D eigenvalue weighted by Gasteiger charge is 2.27. The van der Waals surface area contributed by atoms with Crippen LogP contribution in [0.1, 0.15) is 32.5 Å². The number of morpholine rings is 1. The molecule has 26 heavy (non-hydrogen) atoms. The molecule has 2 aromatic rings. The Morgan fingerprint density at radius 2 is 2.08 bits per heavy atom. The van der Waals surface area contributed by atoms with Gasteiger partial charge in [-0.3, -0.25) is 4.79 Å². The molecule has 1 amide bonds. The van der Waals surface area contributed by atoms with Crippen LogP contribution in [0.4, 0.5) is 0 Å². The lowest BCUT2D eigenvalue weighted by atomic mass is 10.0. The lowest BCUT2D eigenvalue weighted by Crippen LogP contribution is -2.42. The first kappa shape index (κ1) is 18.4. The van der Waals surface area contributed by atoms with Gasteiger partial charge in [0.15, 0.2) is 6.61 Å². The van der Waals surface area contributed by atoms with E-state index in [0.717, 1.165) is 16.0 Å². The SMILES string of the molecule is Cc1cc(C(=O)N2CCOC(c3cccs3)C2)cc(C)c1OCC(=O)O. The Bertz CT molecular complexity index is 779. The molecule has 0 radical (unpaired) electrons. The number of nitrogens with zero attached hydrogens (tertiary/aromatic N) is 1. The molecule has 2 heterocycles. The van der Waals surface area contributed by atoms with Gasteiger partial charge in [0, 0.05) is 17.0 Å². The van der Waals surface area contributed by atoms with E-state index in [1.165, 1.54) is 0 Å². The number of carboxylic acid groups (broad SMARTS) is 1. The van der Waals surface area contributed by atoms with Gasteiger partial charge in [-0.25, -0.2) is 4.79 Å². The Hall–Kier alpha value is -2.38. The number of benzene rings is 1. The molecule has 1 aromatic heterocycles. The summed E-state index contributed by atoms with van der Waals surface area (Å²) in [6, 6.07) is 7.50. The van der Waals surface area contributed by atoms with Crippen molar-refractivity contribution in [1.82, 2.24) is 4.90 Å². The van der Waals surface area contributed by atoms with Crippen molar-refractivity contribution in [2.75, 3.05) is 26.3 Å². The molecule has 0 spiro atoms. The van der Waals surface area contributed by atoms with Crippen LogP contribution in [0.2, 0.25) is 0 Å². The van der Waals surface area contributed by atoms with Gasteiger partial charge in [-0.2, -0.15) is 0 Å². The van der Waals surface area contributed by atoms with Crippen LogP contribution in [-0.2, 0) is 9.53 Å². The van der Waals surface area contributed by atoms with Crippen LogP contribution in [0, 0.1) is 13.8 Å². The Kier molecular flexibility index (Phi) is 5.58. The summed E-state index contributed by atoms with van der Waals surface area (Å²) in [4.78, 5) is 26.6. The number of amides is 1. The summed E-state index contributed by atoms with van der Waals surface area (Å²) in [5, 5.41) is 10.8. The summed E-state index contributed by atoms with van der Waals surface area (Å²) in [7, 11) is 0. The number of ether oxygens (including phenoxy) is 2. The predicted molar refractivity (Wildman–Crippen MR) is 98.0 cm³/mol. The van der Waals surface area contributed by atoms with Gasteiger partial charge in [-0.15, -0.1) is 11.3 Å². The molecule has 1 fully saturated rings. The van der Waals surface area contributed by atoms with Gasteiger partial charge < -0.3 is 19.5 Å². The van der Waals surface area contributed by atoms with Crippen molar-refractivity contribution in [3.05, 3.63) is 51.2 Å². The largest absolute Gasteiger partial charge is 0.481 e. The molecule has 3 rings (SSSR count). The first-order chi connectivity index (χ1) is 12.5. The van der Waals surface area contributed by atoms with Crippen LogP contribution in [0.3, 0.4) is 0 Å². The molecule has 7 heteroatoms. The third kappa shape index (κ3) is 4.05. The summed E-state index contributed by atoms with van der Waals surface area (Å²) in [5.74, 6) is -0.565. The third-order valence-corrected chi connectivity index (χ3v) is 5.23. The van der Waals surface area contributed by atoms with E-state index >= 15 is 0 Å². The monoisotopic (exact) mass is 375 g/mol. The van der Waals surface area contributed by atoms with Gasteiger partial charge >= 0.3 is 5.97 Å². The predicted octanol–water partition coefficient (Wildman–Crippen LogP) is 3.04. The third-order valence-electron chi connectivity index (χ3n) is 4.26. The number of carbonyl (C=O) groups is 2. The summed E-state index contributed by atoms with van der Waals surface area (Å²) < 4.78 is 11.1. The fourth-order valence-corrected chi connectivity index (χ4v) is 3.86. The van der Waals surface area contributed by atoms with E-state index in [4.69, 9.17) is 14.6 Å². The van der Waals surface area contributed by atoms with E-state index in [-0.39, 0.29) is 12.0 Å². The van der Waals surface area contributed by atoms with Gasteiger partial charge in [-0.1, -0.05) is 6.07 Å². The second-order valence-electron chi connectivity index (χ2n) is 6.25. The summed E-state index contributed by atoms with van der Waals surface area (Å²) in [5.41, 5.74) is 2.07. The molecular formula is C19H21NO5S. The molecule has 138 valence electrons. The average molecular weight is 375 g/mol. The molecule has 1 saturated heterocycles. The standard InChI is InChI=1S/C19H21NO5S/c1-12-8-14(9-13(2)18(12)25-11-17(21)22)19(23)20-5-6-24-15(10-20)16-4-3-7-26-16/h3-4,7-9,15H,5-6,10-11H2,1-2H3,(H,21,22). The van der Waals surface area contributed by atoms with Crippen LogP contribution in [-0.4, -0.2) is 48.2 Å². The quantitative estimate of drug-likeness (QED) is 0.869. The van der Waals surface area contributed by atoms with Crippen LogP contribution in [0.25, 0.3) is 0 Å². The van der Waals surface area contributed by atoms with Crippen molar-refractivity contribution >= 4 is 23.2 Å². The minimum atomic E-state index is -1.03. The van der Waals surface area contributed by atoms with Crippen LogP contribution in [0.5, 0.6) is 5.75 Å². The number of rotatable bonds is 5. The Morgan fingerprint density at radius 3 is 2.69 bits per heavy atom. The lowest BCUT2D eigenvalue weighted by molar-refractivity contribution is -0.139. The Labute approximate surface area is 156 Å². The number of aryl methyl sites for hydroxylation is 2. The fraction of sp³-hybridized carbons (Fsp3) is 0.368. The van der Waals surface area contributed by atoms with Crippen molar-refractivity contribution in [2.24, 2.45) is 0 Å². The van der Waals surface area contributed by atoms with Gasteiger partial charge in [-0.05, 0) is 48.6 Å². The van der Waals surface area contributed by atoms with Crippen LogP contribution in [0.15, 0.2) is 29.6 Å². The zero-order valence-electron chi connectivity index (χ0n) is 14.7. The van der Waals surface area contributed by atoms with Gasteiger partial charge in [0.25, 0.3) is 5.91 Å². The smallest absolute Gasteiger partial charge is 0.341 e. The molecule has 6 nitrogen and oxygen atoms in total. The normalized spacial score (nSPS) is 17.2. The topological polar surface area (TPSA) is 76.1 Å². The molecule has 0 aliphatic carbocycles. The van der Waals surface area contributed by atoms with Gasteiger partial charge in [0.2, 0.25) is 0 Å². The van der Waals surface area contributed by atoms with E-state index in [2.05, 4.69) is 0 Å². The minimum absolute atomic E-state index is 0.0501. The minimum Gasteiger partial charge on any atom is -0.481 e. The van der Waals surface area contributed by atoms with Crippen LogP contribution < -0.4 is 4.74 Å². The highest BCUT2D eigenvalue weighted by molar-refractivity contribution is 7.10. The molecule has 0 saturated carbocycles. The van der Waals surface area contributed by atoms with E-state index < -0.39 is 12.6 Å². The van der Waals surface area contributed by atoms with Crippen molar-refractivity contribution in [1.29, 1.82) is 0 Å². The van der Waals surface area contributed by atoms with E-state index in [1.54, 1.807) is 28.4 Å². The van der Waals surface area contributed by atoms with E-state index in [1.807, 2.05) is 31.4 Å². The molecule has 1 aromatic carbocycles. The van der Waals surface area contributed by atoms with E-state index in [0.29, 0.717) is 31.0 Å². The first-order valence-corrected chi connectivity index (χ1v) is 9.24. The van der Waals surface area contributed by atoms with Gasteiger partial charge in [0.05, 0.1) is 13.2 Å². The number of carboxylic acids is 1. The maximum Gasteiger partial charge on any atom is 0.341 e. The van der Waals surface area contributed by atoms with Crippen molar-refractivity contribution < 1.29 is 24.2 Å². The van der Waals surface area contributed by atoms with Gasteiger partial charge in [0.1, 0.15) is 11.9 Å². The number of carbonyl (C=O) groups excluding carboxylic acids is 1.